The number of carbonyl (C=O) groups excluding carboxylic acids is 1. The number of carbonyl (C=O) groups is 1. The first-order valence-electron chi connectivity index (χ1n) is 7.57. The Labute approximate surface area is 119 Å². The van der Waals surface area contributed by atoms with Crippen LogP contribution in [0, 0.1) is 0 Å². The Morgan fingerprint density at radius 3 is 2.65 bits per heavy atom. The van der Waals surface area contributed by atoms with Crippen molar-refractivity contribution in [2.45, 2.75) is 44.8 Å². The lowest BCUT2D eigenvalue weighted by Gasteiger charge is -2.32. The number of likely N-dealkylation sites (tertiary alicyclic amines) is 1. The zero-order valence-electron chi connectivity index (χ0n) is 12.0. The SMILES string of the molecule is CCOC1CCN(C(=O)c2cc(N)cn2C2CC2)CC1. The summed E-state index contributed by atoms with van der Waals surface area (Å²) in [5.41, 5.74) is 7.30. The van der Waals surface area contributed by atoms with Crippen molar-refractivity contribution in [3.63, 3.8) is 0 Å². The molecule has 0 bridgehead atoms. The maximum absolute atomic E-state index is 12.6. The molecule has 2 fully saturated rings. The van der Waals surface area contributed by atoms with Crippen LogP contribution in [0.15, 0.2) is 12.3 Å². The van der Waals surface area contributed by atoms with Crippen LogP contribution in [-0.4, -0.2) is 41.2 Å². The van der Waals surface area contributed by atoms with Gasteiger partial charge in [0.15, 0.2) is 0 Å². The highest BCUT2D eigenvalue weighted by molar-refractivity contribution is 5.94. The Balaban J connectivity index is 1.67. The Hall–Kier alpha value is -1.49. The third-order valence-corrected chi connectivity index (χ3v) is 4.16. The number of amides is 1. The van der Waals surface area contributed by atoms with Gasteiger partial charge in [-0.1, -0.05) is 0 Å². The minimum absolute atomic E-state index is 0.114. The minimum atomic E-state index is 0.114. The number of aromatic nitrogens is 1. The molecule has 3 rings (SSSR count). The topological polar surface area (TPSA) is 60.5 Å². The molecule has 1 saturated carbocycles. The summed E-state index contributed by atoms with van der Waals surface area (Å²) in [6.45, 7) is 4.32. The predicted molar refractivity (Wildman–Crippen MR) is 77.7 cm³/mol. The Morgan fingerprint density at radius 2 is 2.05 bits per heavy atom. The fourth-order valence-corrected chi connectivity index (χ4v) is 2.95. The molecule has 2 N–H and O–H groups in total. The van der Waals surface area contributed by atoms with E-state index in [0.29, 0.717) is 17.8 Å². The van der Waals surface area contributed by atoms with Crippen LogP contribution >= 0.6 is 0 Å². The molecule has 1 aromatic heterocycles. The fraction of sp³-hybridized carbons (Fsp3) is 0.667. The van der Waals surface area contributed by atoms with E-state index in [2.05, 4.69) is 4.57 Å². The summed E-state index contributed by atoms with van der Waals surface area (Å²) in [4.78, 5) is 14.6. The van der Waals surface area contributed by atoms with E-state index in [1.165, 1.54) is 0 Å². The average molecular weight is 277 g/mol. The highest BCUT2D eigenvalue weighted by Crippen LogP contribution is 2.37. The van der Waals surface area contributed by atoms with Gasteiger partial charge >= 0.3 is 0 Å². The van der Waals surface area contributed by atoms with Crippen LogP contribution in [0.3, 0.4) is 0 Å². The average Bonchev–Trinajstić information content (AvgIpc) is 3.22. The van der Waals surface area contributed by atoms with E-state index in [9.17, 15) is 4.79 Å². The molecular weight excluding hydrogens is 254 g/mol. The van der Waals surface area contributed by atoms with Crippen LogP contribution < -0.4 is 5.73 Å². The molecule has 1 amide bonds. The molecule has 0 radical (unpaired) electrons. The van der Waals surface area contributed by atoms with Crippen molar-refractivity contribution in [2.75, 3.05) is 25.4 Å². The van der Waals surface area contributed by atoms with E-state index in [0.717, 1.165) is 51.1 Å². The molecule has 0 atom stereocenters. The summed E-state index contributed by atoms with van der Waals surface area (Å²) < 4.78 is 7.69. The highest BCUT2D eigenvalue weighted by Gasteiger charge is 2.31. The number of rotatable bonds is 4. The number of nitrogens with two attached hydrogens (primary N) is 1. The molecule has 110 valence electrons. The number of piperidine rings is 1. The van der Waals surface area contributed by atoms with E-state index in [4.69, 9.17) is 10.5 Å². The molecule has 5 nitrogen and oxygen atoms in total. The summed E-state index contributed by atoms with van der Waals surface area (Å²) >= 11 is 0. The van der Waals surface area contributed by atoms with Crippen LogP contribution in [0.2, 0.25) is 0 Å². The van der Waals surface area contributed by atoms with Crippen LogP contribution in [0.1, 0.15) is 49.1 Å². The zero-order chi connectivity index (χ0) is 14.1. The Bertz CT molecular complexity index is 485. The molecule has 0 spiro atoms. The van der Waals surface area contributed by atoms with Gasteiger partial charge in [-0.05, 0) is 38.7 Å². The molecular formula is C15H23N3O2. The molecule has 2 heterocycles. The van der Waals surface area contributed by atoms with Crippen molar-refractivity contribution in [3.05, 3.63) is 18.0 Å². The van der Waals surface area contributed by atoms with E-state index in [1.807, 2.05) is 24.1 Å². The van der Waals surface area contributed by atoms with Gasteiger partial charge in [0.2, 0.25) is 0 Å². The van der Waals surface area contributed by atoms with Crippen LogP contribution in [-0.2, 0) is 4.74 Å². The Morgan fingerprint density at radius 1 is 1.35 bits per heavy atom. The standard InChI is InChI=1S/C15H23N3O2/c1-2-20-13-5-7-17(8-6-13)15(19)14-9-11(16)10-18(14)12-3-4-12/h9-10,12-13H,2-8,16H2,1H3. The minimum Gasteiger partial charge on any atom is -0.397 e. The van der Waals surface area contributed by atoms with E-state index >= 15 is 0 Å². The van der Waals surface area contributed by atoms with E-state index in [-0.39, 0.29) is 5.91 Å². The lowest BCUT2D eigenvalue weighted by molar-refractivity contribution is 0.0143. The van der Waals surface area contributed by atoms with Crippen LogP contribution in [0.4, 0.5) is 5.69 Å². The quantitative estimate of drug-likeness (QED) is 0.916. The van der Waals surface area contributed by atoms with Gasteiger partial charge in [-0.2, -0.15) is 0 Å². The predicted octanol–water partition coefficient (Wildman–Crippen LogP) is 2.05. The van der Waals surface area contributed by atoms with Crippen molar-refractivity contribution in [3.8, 4) is 0 Å². The third kappa shape index (κ3) is 2.68. The Kier molecular flexibility index (Phi) is 3.70. The summed E-state index contributed by atoms with van der Waals surface area (Å²) in [6, 6.07) is 2.29. The molecule has 0 aromatic carbocycles. The first-order chi connectivity index (χ1) is 9.69. The van der Waals surface area contributed by atoms with Gasteiger partial charge in [0.05, 0.1) is 11.8 Å². The maximum atomic E-state index is 12.6. The van der Waals surface area contributed by atoms with Crippen molar-refractivity contribution < 1.29 is 9.53 Å². The second kappa shape index (κ2) is 5.48. The molecule has 2 aliphatic rings. The zero-order valence-corrected chi connectivity index (χ0v) is 12.0. The van der Waals surface area contributed by atoms with Crippen molar-refractivity contribution >= 4 is 11.6 Å². The molecule has 20 heavy (non-hydrogen) atoms. The summed E-state index contributed by atoms with van der Waals surface area (Å²) in [7, 11) is 0. The van der Waals surface area contributed by atoms with E-state index < -0.39 is 0 Å². The monoisotopic (exact) mass is 277 g/mol. The largest absolute Gasteiger partial charge is 0.397 e. The number of hydrogen-bond acceptors (Lipinski definition) is 3. The lowest BCUT2D eigenvalue weighted by atomic mass is 10.1. The van der Waals surface area contributed by atoms with E-state index in [1.54, 1.807) is 0 Å². The van der Waals surface area contributed by atoms with Crippen LogP contribution in [0.5, 0.6) is 0 Å². The molecule has 1 aliphatic heterocycles. The number of anilines is 1. The second-order valence-electron chi connectivity index (χ2n) is 5.74. The van der Waals surface area contributed by atoms with Gasteiger partial charge in [-0.25, -0.2) is 0 Å². The van der Waals surface area contributed by atoms with Gasteiger partial charge in [-0.15, -0.1) is 0 Å². The summed E-state index contributed by atoms with van der Waals surface area (Å²) in [6.07, 6.45) is 6.38. The van der Waals surface area contributed by atoms with Gasteiger partial charge in [0.25, 0.3) is 5.91 Å². The number of nitrogens with zero attached hydrogens (tertiary/aromatic N) is 2. The number of hydrogen-bond donors (Lipinski definition) is 1. The first kappa shape index (κ1) is 13.5. The lowest BCUT2D eigenvalue weighted by Crippen LogP contribution is -2.41. The molecule has 0 unspecified atom stereocenters. The van der Waals surface area contributed by atoms with Gasteiger partial charge < -0.3 is 19.9 Å². The van der Waals surface area contributed by atoms with Gasteiger partial charge in [-0.3, -0.25) is 4.79 Å². The molecule has 1 aliphatic carbocycles. The first-order valence-corrected chi connectivity index (χ1v) is 7.57. The van der Waals surface area contributed by atoms with Crippen molar-refractivity contribution in [2.24, 2.45) is 0 Å². The highest BCUT2D eigenvalue weighted by atomic mass is 16.5. The van der Waals surface area contributed by atoms with Crippen molar-refractivity contribution in [1.82, 2.24) is 9.47 Å². The second-order valence-corrected chi connectivity index (χ2v) is 5.74. The normalized spacial score (nSPS) is 20.4. The van der Waals surface area contributed by atoms with Gasteiger partial charge in [0, 0.05) is 31.9 Å². The molecule has 5 heteroatoms. The third-order valence-electron chi connectivity index (χ3n) is 4.16. The van der Waals surface area contributed by atoms with Crippen LogP contribution in [0.25, 0.3) is 0 Å². The summed E-state index contributed by atoms with van der Waals surface area (Å²) in [5.74, 6) is 0.114. The smallest absolute Gasteiger partial charge is 0.270 e. The summed E-state index contributed by atoms with van der Waals surface area (Å²) in [5, 5.41) is 0. The van der Waals surface area contributed by atoms with Crippen molar-refractivity contribution in [1.29, 1.82) is 0 Å². The fourth-order valence-electron chi connectivity index (χ4n) is 2.95. The maximum Gasteiger partial charge on any atom is 0.270 e. The molecule has 1 saturated heterocycles. The number of nitrogen functional groups attached to an aromatic ring is 1. The molecule has 1 aromatic rings. The van der Waals surface area contributed by atoms with Gasteiger partial charge in [0.1, 0.15) is 5.69 Å². The number of ether oxygens (including phenoxy) is 1.